The Morgan fingerprint density at radius 3 is 1.98 bits per heavy atom. The van der Waals surface area contributed by atoms with E-state index >= 15 is 0 Å². The van der Waals surface area contributed by atoms with Gasteiger partial charge in [0, 0.05) is 0 Å². The van der Waals surface area contributed by atoms with E-state index in [0.29, 0.717) is 0 Å². The van der Waals surface area contributed by atoms with Crippen LogP contribution in [-0.4, -0.2) is 0 Å². The molecule has 0 bridgehead atoms. The van der Waals surface area contributed by atoms with Crippen LogP contribution in [0.1, 0.15) is 55.0 Å². The molecule has 200 valence electrons. The molecule has 0 N–H and O–H groups in total. The zero-order valence-electron chi connectivity index (χ0n) is 24.3. The molecule has 0 saturated heterocycles. The third-order valence-electron chi connectivity index (χ3n) is 8.70. The van der Waals surface area contributed by atoms with Crippen molar-refractivity contribution in [2.45, 2.75) is 32.6 Å². The molecule has 0 aromatic heterocycles. The van der Waals surface area contributed by atoms with Crippen LogP contribution in [0.5, 0.6) is 0 Å². The average Bonchev–Trinajstić information content (AvgIpc) is 3.42. The van der Waals surface area contributed by atoms with E-state index in [9.17, 15) is 0 Å². The van der Waals surface area contributed by atoms with Gasteiger partial charge in [0.25, 0.3) is 0 Å². The van der Waals surface area contributed by atoms with E-state index < -0.39 is 5.41 Å². The first-order chi connectivity index (χ1) is 19.9. The van der Waals surface area contributed by atoms with Gasteiger partial charge < -0.3 is 0 Å². The van der Waals surface area contributed by atoms with E-state index in [1.165, 1.54) is 66.8 Å². The van der Waals surface area contributed by atoms with Gasteiger partial charge in [-0.05, 0) is 98.7 Å². The lowest BCUT2D eigenvalue weighted by atomic mass is 9.69. The van der Waals surface area contributed by atoms with Gasteiger partial charge in [-0.15, -0.1) is 0 Å². The largest absolute Gasteiger partial charge is 0.0991 e. The van der Waals surface area contributed by atoms with Gasteiger partial charge in [-0.2, -0.15) is 0 Å². The molecule has 4 aromatic rings. The number of hydrogen-bond donors (Lipinski definition) is 0. The molecule has 0 radical (unpaired) electrons. The minimum atomic E-state index is -0.409. The van der Waals surface area contributed by atoms with Crippen LogP contribution in [-0.2, 0) is 5.41 Å². The predicted octanol–water partition coefficient (Wildman–Crippen LogP) is 11.2. The maximum absolute atomic E-state index is 4.59. The standard InChI is InChI=1S/C41H36/c1-7-12-35-36-25-24-33(32-22-20-31(21-23-32)30-18-16-29(17-19-30)27(4)5)26-40(36)41(37(35)9-3)38(13-8-2)28(6)34-14-10-11-15-39(34)41/h8-26H,2,4,6-7H2,1,3,5H3/b35-12-,37-9+,38-13+. The van der Waals surface area contributed by atoms with Gasteiger partial charge in [-0.1, -0.05) is 141 Å². The van der Waals surface area contributed by atoms with Crippen molar-refractivity contribution in [3.63, 3.8) is 0 Å². The summed E-state index contributed by atoms with van der Waals surface area (Å²) in [6.45, 7) is 19.2. The van der Waals surface area contributed by atoms with Gasteiger partial charge in [0.2, 0.25) is 0 Å². The second-order valence-corrected chi connectivity index (χ2v) is 11.0. The first-order valence-corrected chi connectivity index (χ1v) is 14.5. The quantitative estimate of drug-likeness (QED) is 0.242. The molecule has 2 aliphatic carbocycles. The molecule has 0 heterocycles. The van der Waals surface area contributed by atoms with Crippen molar-refractivity contribution in [3.05, 3.63) is 174 Å². The molecule has 6 rings (SSSR count). The molecule has 0 heteroatoms. The van der Waals surface area contributed by atoms with Crippen LogP contribution < -0.4 is 0 Å². The summed E-state index contributed by atoms with van der Waals surface area (Å²) in [7, 11) is 0. The van der Waals surface area contributed by atoms with Crippen molar-refractivity contribution < 1.29 is 0 Å². The number of hydrogen-bond acceptors (Lipinski definition) is 0. The molecule has 4 aromatic carbocycles. The van der Waals surface area contributed by atoms with Gasteiger partial charge >= 0.3 is 0 Å². The predicted molar refractivity (Wildman–Crippen MR) is 179 cm³/mol. The van der Waals surface area contributed by atoms with E-state index in [1.807, 2.05) is 13.0 Å². The molecule has 1 atom stereocenters. The summed E-state index contributed by atoms with van der Waals surface area (Å²) in [4.78, 5) is 0. The van der Waals surface area contributed by atoms with E-state index in [1.54, 1.807) is 0 Å². The highest BCUT2D eigenvalue weighted by molar-refractivity contribution is 6.03. The summed E-state index contributed by atoms with van der Waals surface area (Å²) in [5, 5.41) is 0. The van der Waals surface area contributed by atoms with Crippen LogP contribution in [0.2, 0.25) is 0 Å². The molecule has 0 fully saturated rings. The molecule has 0 aliphatic heterocycles. The Kier molecular flexibility index (Phi) is 6.72. The van der Waals surface area contributed by atoms with E-state index in [0.717, 1.165) is 17.6 Å². The molecule has 0 saturated carbocycles. The third-order valence-corrected chi connectivity index (χ3v) is 8.70. The van der Waals surface area contributed by atoms with Gasteiger partial charge in [-0.3, -0.25) is 0 Å². The minimum Gasteiger partial charge on any atom is -0.0991 e. The normalized spacial score (nSPS) is 20.2. The van der Waals surface area contributed by atoms with Crippen molar-refractivity contribution in [2.24, 2.45) is 0 Å². The molecule has 0 amide bonds. The Labute approximate surface area is 245 Å². The SMILES string of the molecule is C=C/C=C1\C(=C)c2ccccc2C12C(=C/C)/C(=C\CC)c1ccc(-c3ccc(-c4ccc(C(=C)C)cc4)cc3)cc12. The van der Waals surface area contributed by atoms with Gasteiger partial charge in [-0.25, -0.2) is 0 Å². The second kappa shape index (κ2) is 10.4. The smallest absolute Gasteiger partial charge is 0.0722 e. The Morgan fingerprint density at radius 2 is 1.37 bits per heavy atom. The molecule has 1 spiro atoms. The van der Waals surface area contributed by atoms with Gasteiger partial charge in [0.1, 0.15) is 0 Å². The molecule has 41 heavy (non-hydrogen) atoms. The first-order valence-electron chi connectivity index (χ1n) is 14.5. The summed E-state index contributed by atoms with van der Waals surface area (Å²) < 4.78 is 0. The third kappa shape index (κ3) is 3.98. The Hall–Kier alpha value is -4.68. The zero-order valence-corrected chi connectivity index (χ0v) is 24.3. The highest BCUT2D eigenvalue weighted by Gasteiger charge is 2.54. The van der Waals surface area contributed by atoms with Crippen LogP contribution >= 0.6 is 0 Å². The number of rotatable bonds is 5. The maximum Gasteiger partial charge on any atom is 0.0722 e. The summed E-state index contributed by atoms with van der Waals surface area (Å²) in [6, 6.07) is 33.4. The maximum atomic E-state index is 4.59. The van der Waals surface area contributed by atoms with Crippen molar-refractivity contribution >= 4 is 16.7 Å². The number of benzene rings is 4. The molecular weight excluding hydrogens is 492 g/mol. The summed E-state index contributed by atoms with van der Waals surface area (Å²) in [5.41, 5.74) is 16.8. The number of fused-ring (bicyclic) bond motifs is 4. The minimum absolute atomic E-state index is 0.409. The highest BCUT2D eigenvalue weighted by atomic mass is 14.5. The Balaban J connectivity index is 1.53. The lowest BCUT2D eigenvalue weighted by Crippen LogP contribution is -2.26. The van der Waals surface area contributed by atoms with Crippen LogP contribution in [0.4, 0.5) is 0 Å². The molecule has 0 nitrogen and oxygen atoms in total. The van der Waals surface area contributed by atoms with E-state index in [2.05, 4.69) is 143 Å². The fraction of sp³-hybridized carbons (Fsp3) is 0.122. The number of allylic oxidation sites excluding steroid dienone is 9. The molecule has 2 aliphatic rings. The fourth-order valence-electron chi connectivity index (χ4n) is 6.87. The summed E-state index contributed by atoms with van der Waals surface area (Å²) in [5.74, 6) is 0. The van der Waals surface area contributed by atoms with Crippen molar-refractivity contribution in [1.82, 2.24) is 0 Å². The summed E-state index contributed by atoms with van der Waals surface area (Å²) in [6.07, 6.45) is 9.74. The van der Waals surface area contributed by atoms with Gasteiger partial charge in [0.15, 0.2) is 0 Å². The average molecular weight is 529 g/mol. The lowest BCUT2D eigenvalue weighted by molar-refractivity contribution is 0.794. The molecule has 1 unspecified atom stereocenters. The van der Waals surface area contributed by atoms with Crippen molar-refractivity contribution in [1.29, 1.82) is 0 Å². The highest BCUT2D eigenvalue weighted by Crippen LogP contribution is 2.64. The van der Waals surface area contributed by atoms with Crippen LogP contribution in [0.15, 0.2) is 146 Å². The molecular formula is C41H36. The lowest BCUT2D eigenvalue weighted by Gasteiger charge is -2.31. The first kappa shape index (κ1) is 26.5. The van der Waals surface area contributed by atoms with E-state index in [4.69, 9.17) is 0 Å². The fourth-order valence-corrected chi connectivity index (χ4v) is 6.87. The van der Waals surface area contributed by atoms with E-state index in [-0.39, 0.29) is 0 Å². The van der Waals surface area contributed by atoms with Crippen LogP contribution in [0.25, 0.3) is 39.0 Å². The summed E-state index contributed by atoms with van der Waals surface area (Å²) >= 11 is 0. The topological polar surface area (TPSA) is 0 Å². The van der Waals surface area contributed by atoms with Crippen molar-refractivity contribution in [3.8, 4) is 22.3 Å². The van der Waals surface area contributed by atoms with Crippen LogP contribution in [0, 0.1) is 0 Å². The van der Waals surface area contributed by atoms with Crippen molar-refractivity contribution in [2.75, 3.05) is 0 Å². The monoisotopic (exact) mass is 528 g/mol. The Morgan fingerprint density at radius 1 is 0.756 bits per heavy atom. The Bertz CT molecular complexity index is 1800. The second-order valence-electron chi connectivity index (χ2n) is 11.0. The zero-order chi connectivity index (χ0) is 28.7. The van der Waals surface area contributed by atoms with Gasteiger partial charge in [0.05, 0.1) is 5.41 Å². The van der Waals surface area contributed by atoms with Crippen LogP contribution in [0.3, 0.4) is 0 Å².